The highest BCUT2D eigenvalue weighted by atomic mass is 35.5. The third kappa shape index (κ3) is 5.77. The van der Waals surface area contributed by atoms with Gasteiger partial charge in [0.2, 0.25) is 0 Å². The van der Waals surface area contributed by atoms with Gasteiger partial charge in [0.05, 0.1) is 25.9 Å². The summed E-state index contributed by atoms with van der Waals surface area (Å²) in [6.45, 7) is 5.68. The van der Waals surface area contributed by atoms with E-state index in [1.165, 1.54) is 38.8 Å². The highest BCUT2D eigenvalue weighted by Gasteiger charge is 2.33. The molecule has 1 aromatic carbocycles. The maximum Gasteiger partial charge on any atom is 0.338 e. The molecule has 6 heteroatoms. The van der Waals surface area contributed by atoms with Crippen LogP contribution in [0.25, 0.3) is 0 Å². The Bertz CT molecular complexity index is 623. The number of esters is 1. The molecule has 1 aromatic rings. The van der Waals surface area contributed by atoms with Crippen LogP contribution >= 0.6 is 12.4 Å². The predicted molar refractivity (Wildman–Crippen MR) is 113 cm³/mol. The number of methoxy groups -OCH3 is 1. The molecule has 2 aliphatic rings. The molecule has 2 heterocycles. The third-order valence-corrected chi connectivity index (χ3v) is 5.81. The van der Waals surface area contributed by atoms with Gasteiger partial charge in [-0.1, -0.05) is 19.8 Å². The van der Waals surface area contributed by atoms with E-state index in [1.807, 2.05) is 0 Å². The molecular weight excluding hydrogens is 378 g/mol. The fourth-order valence-electron chi connectivity index (χ4n) is 4.28. The van der Waals surface area contributed by atoms with Crippen molar-refractivity contribution >= 4 is 18.4 Å². The Labute approximate surface area is 175 Å². The summed E-state index contributed by atoms with van der Waals surface area (Å²) in [6.07, 6.45) is 8.26. The molecule has 2 atom stereocenters. The minimum Gasteiger partial charge on any atom is -0.493 e. The van der Waals surface area contributed by atoms with Crippen LogP contribution in [0.2, 0.25) is 0 Å². The summed E-state index contributed by atoms with van der Waals surface area (Å²) < 4.78 is 16.8. The average Bonchev–Trinajstić information content (AvgIpc) is 2.72. The number of carbonyl (C=O) groups is 1. The SMILES string of the molecule is CCCCOc1ccc(C(=O)OCC2CCCN3CCCCC23)cc1OC.Cl. The Kier molecular flexibility index (Phi) is 9.39. The number of fused-ring (bicyclic) bond motifs is 1. The van der Waals surface area contributed by atoms with E-state index in [1.54, 1.807) is 25.3 Å². The minimum atomic E-state index is -0.277. The number of carbonyl (C=O) groups excluding carboxylic acids is 1. The fraction of sp³-hybridized carbons (Fsp3) is 0.682. The number of ether oxygens (including phenoxy) is 3. The van der Waals surface area contributed by atoms with Gasteiger partial charge >= 0.3 is 5.97 Å². The number of hydrogen-bond acceptors (Lipinski definition) is 5. The Morgan fingerprint density at radius 2 is 1.96 bits per heavy atom. The number of unbranched alkanes of at least 4 members (excludes halogenated alkanes) is 1. The van der Waals surface area contributed by atoms with Crippen molar-refractivity contribution in [3.05, 3.63) is 23.8 Å². The summed E-state index contributed by atoms with van der Waals surface area (Å²) in [7, 11) is 1.59. The van der Waals surface area contributed by atoms with Crippen LogP contribution in [0, 0.1) is 5.92 Å². The predicted octanol–water partition coefficient (Wildman–Crippen LogP) is 4.72. The molecule has 2 fully saturated rings. The van der Waals surface area contributed by atoms with E-state index in [0.717, 1.165) is 19.3 Å². The zero-order valence-corrected chi connectivity index (χ0v) is 18.0. The van der Waals surface area contributed by atoms with Gasteiger partial charge in [-0.25, -0.2) is 4.79 Å². The van der Waals surface area contributed by atoms with Crippen molar-refractivity contribution in [2.45, 2.75) is 57.9 Å². The van der Waals surface area contributed by atoms with Crippen LogP contribution in [-0.4, -0.2) is 50.3 Å². The monoisotopic (exact) mass is 411 g/mol. The first-order chi connectivity index (χ1) is 13.2. The molecule has 2 saturated heterocycles. The second-order valence-corrected chi connectivity index (χ2v) is 7.67. The average molecular weight is 412 g/mol. The first-order valence-electron chi connectivity index (χ1n) is 10.4. The number of hydrogen-bond donors (Lipinski definition) is 0. The molecule has 2 aliphatic heterocycles. The summed E-state index contributed by atoms with van der Waals surface area (Å²) in [5.41, 5.74) is 0.519. The van der Waals surface area contributed by atoms with Gasteiger partial charge in [-0.2, -0.15) is 0 Å². The number of benzene rings is 1. The zero-order valence-electron chi connectivity index (χ0n) is 17.2. The highest BCUT2D eigenvalue weighted by Crippen LogP contribution is 2.32. The van der Waals surface area contributed by atoms with E-state index < -0.39 is 0 Å². The van der Waals surface area contributed by atoms with Gasteiger partial charge in [-0.15, -0.1) is 12.4 Å². The quantitative estimate of drug-likeness (QED) is 0.457. The van der Waals surface area contributed by atoms with Gasteiger partial charge in [0.25, 0.3) is 0 Å². The highest BCUT2D eigenvalue weighted by molar-refractivity contribution is 5.90. The molecule has 0 saturated carbocycles. The Balaban J connectivity index is 0.00000280. The van der Waals surface area contributed by atoms with Gasteiger partial charge in [0.1, 0.15) is 0 Å². The minimum absolute atomic E-state index is 0. The largest absolute Gasteiger partial charge is 0.493 e. The van der Waals surface area contributed by atoms with Gasteiger partial charge in [0, 0.05) is 12.0 Å². The summed E-state index contributed by atoms with van der Waals surface area (Å²) in [5, 5.41) is 0. The summed E-state index contributed by atoms with van der Waals surface area (Å²) in [6, 6.07) is 5.87. The fourth-order valence-corrected chi connectivity index (χ4v) is 4.28. The Hall–Kier alpha value is -1.46. The standard InChI is InChI=1S/C22H33NO4.ClH/c1-3-4-14-26-20-11-10-17(15-21(20)25-2)22(24)27-16-18-8-7-13-23-12-6-5-9-19(18)23;/h10-11,15,18-19H,3-9,12-14,16H2,1-2H3;1H. The molecule has 0 aliphatic carbocycles. The van der Waals surface area contributed by atoms with E-state index in [2.05, 4.69) is 11.8 Å². The maximum absolute atomic E-state index is 12.6. The smallest absolute Gasteiger partial charge is 0.338 e. The third-order valence-electron chi connectivity index (χ3n) is 5.81. The van der Waals surface area contributed by atoms with E-state index in [0.29, 0.717) is 42.2 Å². The van der Waals surface area contributed by atoms with Gasteiger partial charge in [-0.05, 0) is 63.4 Å². The van der Waals surface area contributed by atoms with Crippen molar-refractivity contribution < 1.29 is 19.0 Å². The Morgan fingerprint density at radius 1 is 1.14 bits per heavy atom. The lowest BCUT2D eigenvalue weighted by molar-refractivity contribution is 0.00737. The van der Waals surface area contributed by atoms with Crippen LogP contribution in [0.1, 0.15) is 62.2 Å². The first kappa shape index (κ1) is 22.8. The van der Waals surface area contributed by atoms with Gasteiger partial charge in [-0.3, -0.25) is 4.90 Å². The van der Waals surface area contributed by atoms with Crippen LogP contribution < -0.4 is 9.47 Å². The lowest BCUT2D eigenvalue weighted by atomic mass is 9.84. The van der Waals surface area contributed by atoms with E-state index in [9.17, 15) is 4.79 Å². The first-order valence-corrected chi connectivity index (χ1v) is 10.4. The van der Waals surface area contributed by atoms with Crippen molar-refractivity contribution in [2.75, 3.05) is 33.4 Å². The van der Waals surface area contributed by atoms with Crippen LogP contribution in [0.3, 0.4) is 0 Å². The zero-order chi connectivity index (χ0) is 19.1. The van der Waals surface area contributed by atoms with Crippen molar-refractivity contribution in [1.82, 2.24) is 4.90 Å². The van der Waals surface area contributed by atoms with Crippen LogP contribution in [0.4, 0.5) is 0 Å². The molecule has 0 N–H and O–H groups in total. The van der Waals surface area contributed by atoms with Crippen LogP contribution in [0.15, 0.2) is 18.2 Å². The van der Waals surface area contributed by atoms with E-state index in [4.69, 9.17) is 14.2 Å². The molecule has 2 unspecified atom stereocenters. The summed E-state index contributed by atoms with van der Waals surface area (Å²) in [5.74, 6) is 1.44. The molecule has 3 rings (SSSR count). The number of rotatable bonds is 8. The molecule has 0 bridgehead atoms. The molecule has 0 radical (unpaired) electrons. The van der Waals surface area contributed by atoms with Crippen LogP contribution in [-0.2, 0) is 4.74 Å². The molecule has 0 aromatic heterocycles. The van der Waals surface area contributed by atoms with Crippen molar-refractivity contribution in [2.24, 2.45) is 5.92 Å². The van der Waals surface area contributed by atoms with E-state index >= 15 is 0 Å². The molecule has 28 heavy (non-hydrogen) atoms. The summed E-state index contributed by atoms with van der Waals surface area (Å²) >= 11 is 0. The number of halogens is 1. The molecule has 0 spiro atoms. The second kappa shape index (κ2) is 11.5. The van der Waals surface area contributed by atoms with Gasteiger partial charge in [0.15, 0.2) is 11.5 Å². The van der Waals surface area contributed by atoms with Crippen molar-refractivity contribution in [1.29, 1.82) is 0 Å². The lowest BCUT2D eigenvalue weighted by Crippen LogP contribution is -2.49. The molecule has 5 nitrogen and oxygen atoms in total. The number of piperidine rings is 2. The van der Waals surface area contributed by atoms with Crippen molar-refractivity contribution in [3.8, 4) is 11.5 Å². The van der Waals surface area contributed by atoms with Crippen LogP contribution in [0.5, 0.6) is 11.5 Å². The topological polar surface area (TPSA) is 48.0 Å². The summed E-state index contributed by atoms with van der Waals surface area (Å²) in [4.78, 5) is 15.1. The maximum atomic E-state index is 12.6. The van der Waals surface area contributed by atoms with E-state index in [-0.39, 0.29) is 18.4 Å². The number of nitrogens with zero attached hydrogens (tertiary/aromatic N) is 1. The normalized spacial score (nSPS) is 21.9. The second-order valence-electron chi connectivity index (χ2n) is 7.67. The van der Waals surface area contributed by atoms with Gasteiger partial charge < -0.3 is 14.2 Å². The lowest BCUT2D eigenvalue weighted by Gasteiger charge is -2.44. The van der Waals surface area contributed by atoms with Crippen molar-refractivity contribution in [3.63, 3.8) is 0 Å². The molecule has 0 amide bonds. The molecule has 158 valence electrons. The molecular formula is C22H34ClNO4. The Morgan fingerprint density at radius 3 is 2.75 bits per heavy atom.